The molecule has 1 unspecified atom stereocenters. The Kier molecular flexibility index (Phi) is 6.70. The highest BCUT2D eigenvalue weighted by atomic mass is 19.4. The van der Waals surface area contributed by atoms with Crippen LogP contribution in [0.2, 0.25) is 0 Å². The number of halogens is 3. The van der Waals surface area contributed by atoms with Crippen molar-refractivity contribution < 1.29 is 27.7 Å². The minimum Gasteiger partial charge on any atom is -0.341 e. The van der Waals surface area contributed by atoms with E-state index in [9.17, 15) is 32.9 Å². The third kappa shape index (κ3) is 5.39. The summed E-state index contributed by atoms with van der Waals surface area (Å²) < 4.78 is 41.3. The molecule has 3 aromatic rings. The van der Waals surface area contributed by atoms with Crippen molar-refractivity contribution >= 4 is 23.2 Å². The number of carbonyl (C=O) groups excluding carboxylic acids is 2. The lowest BCUT2D eigenvalue weighted by Gasteiger charge is -2.18. The molecule has 9 nitrogen and oxygen atoms in total. The van der Waals surface area contributed by atoms with E-state index < -0.39 is 34.5 Å². The van der Waals surface area contributed by atoms with Gasteiger partial charge in [-0.3, -0.25) is 19.7 Å². The van der Waals surface area contributed by atoms with Crippen LogP contribution in [0.25, 0.3) is 5.69 Å². The molecule has 178 valence electrons. The van der Waals surface area contributed by atoms with Gasteiger partial charge in [-0.15, -0.1) is 0 Å². The van der Waals surface area contributed by atoms with Crippen LogP contribution < -0.4 is 10.6 Å². The molecule has 0 bridgehead atoms. The van der Waals surface area contributed by atoms with E-state index in [1.165, 1.54) is 35.9 Å². The molecule has 0 saturated carbocycles. The number of nitrogens with one attached hydrogen (secondary N) is 2. The van der Waals surface area contributed by atoms with E-state index in [1.807, 2.05) is 0 Å². The molecule has 1 atom stereocenters. The van der Waals surface area contributed by atoms with Crippen LogP contribution >= 0.6 is 0 Å². The summed E-state index contributed by atoms with van der Waals surface area (Å²) in [7, 11) is 0. The first-order chi connectivity index (χ1) is 15.9. The van der Waals surface area contributed by atoms with Crippen LogP contribution in [-0.4, -0.2) is 32.6 Å². The third-order valence-electron chi connectivity index (χ3n) is 4.88. The molecule has 2 N–H and O–H groups in total. The number of nitro groups is 1. The standard InChI is InChI=1S/C22H20F3N5O4/c1-12-9-13(2)29(28-12)19-8-7-16(22(23,24)25)11-18(19)27-20(31)14(3)26-21(32)15-5-4-6-17(10-15)30(33)34/h4-11,14H,1-3H3,(H,26,32)(H,27,31). The van der Waals surface area contributed by atoms with Crippen LogP contribution in [0, 0.1) is 24.0 Å². The zero-order valence-electron chi connectivity index (χ0n) is 18.3. The van der Waals surface area contributed by atoms with Crippen molar-refractivity contribution in [1.29, 1.82) is 0 Å². The second kappa shape index (κ2) is 9.33. The van der Waals surface area contributed by atoms with Gasteiger partial charge in [0.2, 0.25) is 5.91 Å². The van der Waals surface area contributed by atoms with E-state index in [0.29, 0.717) is 11.4 Å². The number of aryl methyl sites for hydroxylation is 2. The maximum Gasteiger partial charge on any atom is 0.416 e. The summed E-state index contributed by atoms with van der Waals surface area (Å²) in [6.45, 7) is 4.77. The number of rotatable bonds is 6. The normalized spacial score (nSPS) is 12.2. The number of anilines is 1. The van der Waals surface area contributed by atoms with Crippen molar-refractivity contribution in [2.24, 2.45) is 0 Å². The number of non-ortho nitro benzene ring substituents is 1. The summed E-state index contributed by atoms with van der Waals surface area (Å²) in [5, 5.41) is 20.0. The van der Waals surface area contributed by atoms with Gasteiger partial charge in [0, 0.05) is 23.4 Å². The SMILES string of the molecule is Cc1cc(C)n(-c2ccc(C(F)(F)F)cc2NC(=O)C(C)NC(=O)c2cccc([N+](=O)[O-])c2)n1. The molecule has 2 amide bonds. The van der Waals surface area contributed by atoms with Crippen molar-refractivity contribution in [3.63, 3.8) is 0 Å². The largest absolute Gasteiger partial charge is 0.416 e. The first-order valence-electron chi connectivity index (χ1n) is 9.98. The molecule has 34 heavy (non-hydrogen) atoms. The van der Waals surface area contributed by atoms with Crippen molar-refractivity contribution in [3.05, 3.63) is 81.2 Å². The number of nitrogens with zero attached hydrogens (tertiary/aromatic N) is 3. The maximum absolute atomic E-state index is 13.3. The maximum atomic E-state index is 13.3. The number of hydrogen-bond donors (Lipinski definition) is 2. The molecule has 12 heteroatoms. The third-order valence-corrected chi connectivity index (χ3v) is 4.88. The Morgan fingerprint density at radius 1 is 1.12 bits per heavy atom. The summed E-state index contributed by atoms with van der Waals surface area (Å²) in [5.41, 5.74) is 0.0135. The average molecular weight is 475 g/mol. The summed E-state index contributed by atoms with van der Waals surface area (Å²) in [4.78, 5) is 35.4. The number of alkyl halides is 3. The monoisotopic (exact) mass is 475 g/mol. The summed E-state index contributed by atoms with van der Waals surface area (Å²) >= 11 is 0. The van der Waals surface area contributed by atoms with E-state index >= 15 is 0 Å². The van der Waals surface area contributed by atoms with Crippen LogP contribution in [0.3, 0.4) is 0 Å². The fourth-order valence-corrected chi connectivity index (χ4v) is 3.22. The number of aromatic nitrogens is 2. The minimum absolute atomic E-state index is 0.0451. The Bertz CT molecular complexity index is 1270. The molecule has 0 radical (unpaired) electrons. The summed E-state index contributed by atoms with van der Waals surface area (Å²) in [5.74, 6) is -1.55. The zero-order valence-corrected chi connectivity index (χ0v) is 18.3. The zero-order chi connectivity index (χ0) is 25.2. The minimum atomic E-state index is -4.64. The van der Waals surface area contributed by atoms with E-state index in [-0.39, 0.29) is 22.6 Å². The number of amides is 2. The Balaban J connectivity index is 1.86. The number of carbonyl (C=O) groups is 2. The smallest absolute Gasteiger partial charge is 0.341 e. The van der Waals surface area contributed by atoms with E-state index in [0.717, 1.165) is 18.2 Å². The van der Waals surface area contributed by atoms with Gasteiger partial charge in [-0.05, 0) is 51.1 Å². The van der Waals surface area contributed by atoms with Gasteiger partial charge in [-0.2, -0.15) is 18.3 Å². The molecule has 0 saturated heterocycles. The Morgan fingerprint density at radius 2 is 1.82 bits per heavy atom. The number of benzene rings is 2. The topological polar surface area (TPSA) is 119 Å². The fourth-order valence-electron chi connectivity index (χ4n) is 3.22. The molecule has 0 aliphatic carbocycles. The predicted molar refractivity (Wildman–Crippen MR) is 117 cm³/mol. The molecular formula is C22H20F3N5O4. The second-order valence-electron chi connectivity index (χ2n) is 7.56. The highest BCUT2D eigenvalue weighted by molar-refractivity contribution is 6.02. The average Bonchev–Trinajstić information content (AvgIpc) is 3.10. The molecule has 0 aliphatic heterocycles. The Hall–Kier alpha value is -4.22. The summed E-state index contributed by atoms with van der Waals surface area (Å²) in [6.07, 6.45) is -4.64. The summed E-state index contributed by atoms with van der Waals surface area (Å²) in [6, 6.07) is 8.34. The van der Waals surface area contributed by atoms with Gasteiger partial charge >= 0.3 is 6.18 Å². The Morgan fingerprint density at radius 3 is 2.41 bits per heavy atom. The lowest BCUT2D eigenvalue weighted by molar-refractivity contribution is -0.384. The fraction of sp³-hybridized carbons (Fsp3) is 0.227. The molecule has 3 rings (SSSR count). The van der Waals surface area contributed by atoms with E-state index in [2.05, 4.69) is 15.7 Å². The van der Waals surface area contributed by atoms with Gasteiger partial charge in [0.25, 0.3) is 11.6 Å². The lowest BCUT2D eigenvalue weighted by atomic mass is 10.1. The van der Waals surface area contributed by atoms with Crippen LogP contribution in [0.5, 0.6) is 0 Å². The predicted octanol–water partition coefficient (Wildman–Crippen LogP) is 4.17. The molecule has 1 aromatic heterocycles. The molecule has 0 aliphatic rings. The van der Waals surface area contributed by atoms with Gasteiger partial charge in [-0.25, -0.2) is 4.68 Å². The van der Waals surface area contributed by atoms with Crippen molar-refractivity contribution in [2.45, 2.75) is 33.0 Å². The van der Waals surface area contributed by atoms with Crippen LogP contribution in [0.1, 0.15) is 34.2 Å². The van der Waals surface area contributed by atoms with Crippen molar-refractivity contribution in [1.82, 2.24) is 15.1 Å². The first kappa shape index (κ1) is 24.4. The highest BCUT2D eigenvalue weighted by Gasteiger charge is 2.32. The van der Waals surface area contributed by atoms with E-state index in [4.69, 9.17) is 0 Å². The van der Waals surface area contributed by atoms with Gasteiger partial charge in [0.05, 0.1) is 27.6 Å². The van der Waals surface area contributed by atoms with Gasteiger partial charge < -0.3 is 10.6 Å². The molecule has 0 spiro atoms. The van der Waals surface area contributed by atoms with Crippen molar-refractivity contribution in [2.75, 3.05) is 5.32 Å². The lowest BCUT2D eigenvalue weighted by Crippen LogP contribution is -2.41. The van der Waals surface area contributed by atoms with Gasteiger partial charge in [-0.1, -0.05) is 6.07 Å². The first-order valence-corrected chi connectivity index (χ1v) is 9.98. The quantitative estimate of drug-likeness (QED) is 0.410. The van der Waals surface area contributed by atoms with Gasteiger partial charge in [0.1, 0.15) is 6.04 Å². The van der Waals surface area contributed by atoms with Crippen LogP contribution in [-0.2, 0) is 11.0 Å². The second-order valence-corrected chi connectivity index (χ2v) is 7.56. The van der Waals surface area contributed by atoms with Gasteiger partial charge in [0.15, 0.2) is 0 Å². The highest BCUT2D eigenvalue weighted by Crippen LogP contribution is 2.33. The van der Waals surface area contributed by atoms with Crippen LogP contribution in [0.4, 0.5) is 24.5 Å². The number of hydrogen-bond acceptors (Lipinski definition) is 5. The van der Waals surface area contributed by atoms with Crippen molar-refractivity contribution in [3.8, 4) is 5.69 Å². The molecule has 1 heterocycles. The number of nitro benzene ring substituents is 1. The van der Waals surface area contributed by atoms with Crippen LogP contribution in [0.15, 0.2) is 48.5 Å². The molecule has 2 aromatic carbocycles. The Labute approximate surface area is 191 Å². The molecular weight excluding hydrogens is 455 g/mol. The molecule has 0 fully saturated rings. The van der Waals surface area contributed by atoms with E-state index in [1.54, 1.807) is 19.9 Å².